The smallest absolute Gasteiger partial charge is 0.317 e. The van der Waals surface area contributed by atoms with E-state index in [9.17, 15) is 24.6 Å². The number of carbonyl (C=O) groups excluding carboxylic acids is 3. The number of rotatable bonds is 15. The molecule has 246 valence electrons. The SMILES string of the molecule is Cc1ccnc(C)c1C(O)C(=O)[C@@H](C(N)c1ccccc1)[C@@H](O)C[C@H](C(=O)CC(C)(C)CN1CCNC1=O)C(N)c1ccccc1. The Kier molecular flexibility index (Phi) is 11.4. The van der Waals surface area contributed by atoms with Gasteiger partial charge in [0.2, 0.25) is 0 Å². The quantitative estimate of drug-likeness (QED) is 0.169. The van der Waals surface area contributed by atoms with Gasteiger partial charge in [-0.1, -0.05) is 74.5 Å². The van der Waals surface area contributed by atoms with Crippen molar-refractivity contribution >= 4 is 17.6 Å². The fourth-order valence-electron chi connectivity index (χ4n) is 6.56. The van der Waals surface area contributed by atoms with Gasteiger partial charge >= 0.3 is 6.03 Å². The van der Waals surface area contributed by atoms with Crippen LogP contribution in [-0.2, 0) is 9.59 Å². The maximum Gasteiger partial charge on any atom is 0.317 e. The van der Waals surface area contributed by atoms with Crippen LogP contribution in [0.15, 0.2) is 72.9 Å². The van der Waals surface area contributed by atoms with E-state index in [1.165, 1.54) is 0 Å². The summed E-state index contributed by atoms with van der Waals surface area (Å²) >= 11 is 0. The lowest BCUT2D eigenvalue weighted by Gasteiger charge is -2.35. The van der Waals surface area contributed by atoms with Gasteiger partial charge in [-0.25, -0.2) is 4.79 Å². The highest BCUT2D eigenvalue weighted by atomic mass is 16.3. The van der Waals surface area contributed by atoms with E-state index in [4.69, 9.17) is 11.5 Å². The lowest BCUT2D eigenvalue weighted by molar-refractivity contribution is -0.138. The first-order chi connectivity index (χ1) is 21.8. The Labute approximate surface area is 271 Å². The monoisotopic (exact) mass is 629 g/mol. The highest BCUT2D eigenvalue weighted by Crippen LogP contribution is 2.37. The zero-order valence-corrected chi connectivity index (χ0v) is 27.1. The third kappa shape index (κ3) is 8.24. The summed E-state index contributed by atoms with van der Waals surface area (Å²) in [6, 6.07) is 17.9. The van der Waals surface area contributed by atoms with Gasteiger partial charge in [0.25, 0.3) is 0 Å². The summed E-state index contributed by atoms with van der Waals surface area (Å²) in [6.07, 6.45) is -1.48. The Bertz CT molecular complexity index is 1480. The van der Waals surface area contributed by atoms with Crippen molar-refractivity contribution in [3.8, 4) is 0 Å². The second kappa shape index (κ2) is 15.1. The van der Waals surface area contributed by atoms with Gasteiger partial charge in [0, 0.05) is 61.5 Å². The van der Waals surface area contributed by atoms with Crippen LogP contribution in [0.2, 0.25) is 0 Å². The molecule has 2 aromatic carbocycles. The number of carbonyl (C=O) groups is 3. The van der Waals surface area contributed by atoms with E-state index in [0.717, 1.165) is 0 Å². The van der Waals surface area contributed by atoms with Crippen LogP contribution >= 0.6 is 0 Å². The van der Waals surface area contributed by atoms with Crippen LogP contribution in [0.25, 0.3) is 0 Å². The topological polar surface area (TPSA) is 172 Å². The first-order valence-corrected chi connectivity index (χ1v) is 15.8. The molecule has 7 N–H and O–H groups in total. The van der Waals surface area contributed by atoms with Crippen molar-refractivity contribution in [3.63, 3.8) is 0 Å². The molecule has 1 aliphatic rings. The summed E-state index contributed by atoms with van der Waals surface area (Å²) < 4.78 is 0. The molecule has 0 aliphatic carbocycles. The summed E-state index contributed by atoms with van der Waals surface area (Å²) in [4.78, 5) is 46.5. The number of urea groups is 1. The van der Waals surface area contributed by atoms with E-state index in [2.05, 4.69) is 10.3 Å². The number of hydrogen-bond acceptors (Lipinski definition) is 8. The van der Waals surface area contributed by atoms with Gasteiger partial charge < -0.3 is 31.9 Å². The second-order valence-electron chi connectivity index (χ2n) is 13.2. The highest BCUT2D eigenvalue weighted by molar-refractivity contribution is 5.88. The van der Waals surface area contributed by atoms with Crippen LogP contribution in [0.3, 0.4) is 0 Å². The first-order valence-electron chi connectivity index (χ1n) is 15.8. The third-order valence-corrected chi connectivity index (χ3v) is 9.01. The van der Waals surface area contributed by atoms with Crippen LogP contribution in [0.1, 0.15) is 72.8 Å². The summed E-state index contributed by atoms with van der Waals surface area (Å²) in [5.41, 5.74) is 15.8. The van der Waals surface area contributed by atoms with Crippen LogP contribution < -0.4 is 16.8 Å². The Morgan fingerprint density at radius 3 is 2.09 bits per heavy atom. The van der Waals surface area contributed by atoms with Gasteiger partial charge in [0.05, 0.1) is 12.0 Å². The number of aliphatic hydroxyl groups is 2. The van der Waals surface area contributed by atoms with Crippen LogP contribution in [0, 0.1) is 31.1 Å². The van der Waals surface area contributed by atoms with Gasteiger partial charge in [-0.15, -0.1) is 0 Å². The average Bonchev–Trinajstić information content (AvgIpc) is 3.42. The summed E-state index contributed by atoms with van der Waals surface area (Å²) in [5, 5.41) is 26.1. The predicted octanol–water partition coefficient (Wildman–Crippen LogP) is 3.69. The molecule has 46 heavy (non-hydrogen) atoms. The first kappa shape index (κ1) is 34.9. The largest absolute Gasteiger partial charge is 0.392 e. The van der Waals surface area contributed by atoms with Gasteiger partial charge in [0.1, 0.15) is 11.9 Å². The fourth-order valence-corrected chi connectivity index (χ4v) is 6.56. The number of amides is 2. The lowest BCUT2D eigenvalue weighted by Crippen LogP contribution is -2.44. The van der Waals surface area contributed by atoms with Gasteiger partial charge in [-0.05, 0) is 48.4 Å². The molecule has 3 unspecified atom stereocenters. The zero-order valence-electron chi connectivity index (χ0n) is 27.1. The lowest BCUT2D eigenvalue weighted by atomic mass is 9.74. The van der Waals surface area contributed by atoms with E-state index in [1.807, 2.05) is 50.2 Å². The molecule has 0 spiro atoms. The number of hydrogen-bond donors (Lipinski definition) is 5. The number of aryl methyl sites for hydroxylation is 2. The number of ketones is 2. The molecule has 4 rings (SSSR count). The molecule has 3 aromatic rings. The molecule has 1 aliphatic heterocycles. The summed E-state index contributed by atoms with van der Waals surface area (Å²) in [7, 11) is 0. The molecular weight excluding hydrogens is 582 g/mol. The van der Waals surface area contributed by atoms with Gasteiger partial charge in [0.15, 0.2) is 5.78 Å². The van der Waals surface area contributed by atoms with E-state index >= 15 is 0 Å². The Morgan fingerprint density at radius 2 is 1.54 bits per heavy atom. The predicted molar refractivity (Wildman–Crippen MR) is 176 cm³/mol. The maximum absolute atomic E-state index is 14.2. The molecule has 1 fully saturated rings. The van der Waals surface area contributed by atoms with E-state index in [0.29, 0.717) is 47.6 Å². The maximum atomic E-state index is 14.2. The second-order valence-corrected chi connectivity index (χ2v) is 13.2. The van der Waals surface area contributed by atoms with Crippen molar-refractivity contribution in [2.24, 2.45) is 28.7 Å². The summed E-state index contributed by atoms with van der Waals surface area (Å²) in [6.45, 7) is 8.82. The van der Waals surface area contributed by atoms with Crippen molar-refractivity contribution in [2.75, 3.05) is 19.6 Å². The van der Waals surface area contributed by atoms with Gasteiger partial charge in [-0.2, -0.15) is 0 Å². The molecule has 10 nitrogen and oxygen atoms in total. The number of aliphatic hydroxyl groups excluding tert-OH is 2. The molecule has 2 amide bonds. The molecule has 1 aromatic heterocycles. The minimum Gasteiger partial charge on any atom is -0.392 e. The normalized spacial score (nSPS) is 17.5. The molecule has 0 radical (unpaired) electrons. The highest BCUT2D eigenvalue weighted by Gasteiger charge is 2.42. The van der Waals surface area contributed by atoms with Gasteiger partial charge in [-0.3, -0.25) is 14.6 Å². The Balaban J connectivity index is 1.68. The minimum atomic E-state index is -1.59. The van der Waals surface area contributed by atoms with Crippen molar-refractivity contribution in [3.05, 3.63) is 101 Å². The number of nitrogens with zero attached hydrogens (tertiary/aromatic N) is 2. The minimum absolute atomic E-state index is 0.0920. The van der Waals surface area contributed by atoms with Crippen LogP contribution in [-0.4, -0.2) is 63.4 Å². The van der Waals surface area contributed by atoms with Crippen LogP contribution in [0.5, 0.6) is 0 Å². The molecule has 10 heteroatoms. The van der Waals surface area contributed by atoms with Crippen molar-refractivity contribution in [1.29, 1.82) is 0 Å². The molecule has 0 bridgehead atoms. The number of nitrogens with two attached hydrogens (primary N) is 2. The number of benzene rings is 2. The van der Waals surface area contributed by atoms with Crippen molar-refractivity contribution in [1.82, 2.24) is 15.2 Å². The summed E-state index contributed by atoms with van der Waals surface area (Å²) in [5.74, 6) is -3.01. The average molecular weight is 630 g/mol. The molecule has 0 saturated carbocycles. The van der Waals surface area contributed by atoms with Crippen molar-refractivity contribution in [2.45, 2.75) is 64.8 Å². The Morgan fingerprint density at radius 1 is 0.957 bits per heavy atom. The number of pyridine rings is 1. The number of Topliss-reactive ketones (excluding diaryl/α,β-unsaturated/α-hetero) is 2. The third-order valence-electron chi connectivity index (χ3n) is 9.01. The number of nitrogens with one attached hydrogen (secondary N) is 1. The zero-order chi connectivity index (χ0) is 33.6. The van der Waals surface area contributed by atoms with E-state index in [1.54, 1.807) is 55.3 Å². The standard InChI is InChI=1S/C36H47N5O5/c1-22-15-16-39-23(2)29(22)33(44)34(45)30(32(38)25-13-9-6-10-14-25)27(42)19-26(31(37)24-11-7-5-8-12-24)28(43)20-36(3,4)21-41-18-17-40-35(41)46/h5-16,26-27,30-33,42,44H,17-21,37-38H2,1-4H3,(H,40,46)/t26-,27+,30-,31?,32?,33?/m1/s1. The molecule has 2 heterocycles. The van der Waals surface area contributed by atoms with Crippen molar-refractivity contribution < 1.29 is 24.6 Å². The van der Waals surface area contributed by atoms with E-state index in [-0.39, 0.29) is 24.7 Å². The molecular formula is C36H47N5O5. The molecule has 6 atom stereocenters. The Hall–Kier alpha value is -3.96. The van der Waals surface area contributed by atoms with E-state index < -0.39 is 47.3 Å². The number of aromatic nitrogens is 1. The van der Waals surface area contributed by atoms with Crippen LogP contribution in [0.4, 0.5) is 4.79 Å². The fraction of sp³-hybridized carbons (Fsp3) is 0.444. The molecule has 1 saturated heterocycles.